The Labute approximate surface area is 200 Å². The molecule has 0 saturated carbocycles. The van der Waals surface area contributed by atoms with E-state index in [0.717, 1.165) is 35.8 Å². The van der Waals surface area contributed by atoms with Crippen LogP contribution in [0.5, 0.6) is 5.75 Å². The van der Waals surface area contributed by atoms with Crippen molar-refractivity contribution in [1.29, 1.82) is 0 Å². The fourth-order valence-corrected chi connectivity index (χ4v) is 4.43. The summed E-state index contributed by atoms with van der Waals surface area (Å²) in [6.07, 6.45) is 0. The molecule has 6 heteroatoms. The minimum atomic E-state index is 0.000508. The molecule has 0 aliphatic carbocycles. The van der Waals surface area contributed by atoms with Crippen molar-refractivity contribution >= 4 is 11.6 Å². The molecule has 1 fully saturated rings. The Hall–Kier alpha value is -4.06. The summed E-state index contributed by atoms with van der Waals surface area (Å²) in [5, 5.41) is 4.81. The first-order chi connectivity index (χ1) is 16.6. The number of ether oxygens (including phenoxy) is 1. The van der Waals surface area contributed by atoms with E-state index in [2.05, 4.69) is 36.1 Å². The Balaban J connectivity index is 1.42. The van der Waals surface area contributed by atoms with E-state index >= 15 is 0 Å². The predicted molar refractivity (Wildman–Crippen MR) is 135 cm³/mol. The molecule has 172 valence electrons. The highest BCUT2D eigenvalue weighted by Gasteiger charge is 2.26. The number of hydrogen-bond donors (Lipinski definition) is 0. The number of methoxy groups -OCH3 is 1. The second kappa shape index (κ2) is 9.43. The minimum Gasteiger partial charge on any atom is -0.497 e. The van der Waals surface area contributed by atoms with Gasteiger partial charge in [0.1, 0.15) is 11.4 Å². The van der Waals surface area contributed by atoms with Crippen LogP contribution >= 0.6 is 0 Å². The lowest BCUT2D eigenvalue weighted by atomic mass is 10.1. The van der Waals surface area contributed by atoms with Gasteiger partial charge >= 0.3 is 0 Å². The van der Waals surface area contributed by atoms with Crippen molar-refractivity contribution in [2.75, 3.05) is 38.2 Å². The monoisotopic (exact) mass is 452 g/mol. The van der Waals surface area contributed by atoms with Crippen LogP contribution in [0, 0.1) is 6.92 Å². The van der Waals surface area contributed by atoms with E-state index in [1.165, 1.54) is 11.3 Å². The van der Waals surface area contributed by atoms with Crippen molar-refractivity contribution < 1.29 is 9.53 Å². The zero-order valence-corrected chi connectivity index (χ0v) is 19.5. The van der Waals surface area contributed by atoms with Gasteiger partial charge in [0, 0.05) is 37.4 Å². The second-order valence-electron chi connectivity index (χ2n) is 8.46. The van der Waals surface area contributed by atoms with Gasteiger partial charge in [-0.2, -0.15) is 5.10 Å². The minimum absolute atomic E-state index is 0.000508. The predicted octanol–water partition coefficient (Wildman–Crippen LogP) is 4.82. The van der Waals surface area contributed by atoms with E-state index in [-0.39, 0.29) is 5.91 Å². The molecule has 4 aromatic rings. The Morgan fingerprint density at radius 3 is 2.21 bits per heavy atom. The number of aryl methyl sites for hydroxylation is 1. The first-order valence-electron chi connectivity index (χ1n) is 11.5. The average Bonchev–Trinajstić information content (AvgIpc) is 3.35. The molecule has 0 N–H and O–H groups in total. The molecule has 3 aromatic carbocycles. The lowest BCUT2D eigenvalue weighted by Gasteiger charge is -2.36. The lowest BCUT2D eigenvalue weighted by Crippen LogP contribution is -2.49. The number of anilines is 1. The van der Waals surface area contributed by atoms with Gasteiger partial charge in [-0.25, -0.2) is 4.68 Å². The Morgan fingerprint density at radius 1 is 0.853 bits per heavy atom. The molecule has 0 atom stereocenters. The fraction of sp³-hybridized carbons (Fsp3) is 0.214. The Morgan fingerprint density at radius 2 is 1.53 bits per heavy atom. The highest BCUT2D eigenvalue weighted by Crippen LogP contribution is 2.26. The Bertz CT molecular complexity index is 1270. The molecule has 1 aromatic heterocycles. The summed E-state index contributed by atoms with van der Waals surface area (Å²) in [5.74, 6) is 0.787. The third kappa shape index (κ3) is 4.27. The summed E-state index contributed by atoms with van der Waals surface area (Å²) >= 11 is 0. The second-order valence-corrected chi connectivity index (χ2v) is 8.46. The summed E-state index contributed by atoms with van der Waals surface area (Å²) in [5.41, 5.74) is 5.63. The molecule has 0 radical (unpaired) electrons. The summed E-state index contributed by atoms with van der Waals surface area (Å²) < 4.78 is 7.04. The van der Waals surface area contributed by atoms with Gasteiger partial charge in [0.25, 0.3) is 5.91 Å². The van der Waals surface area contributed by atoms with Gasteiger partial charge in [-0.05, 0) is 61.0 Å². The molecule has 0 spiro atoms. The standard InChI is InChI=1S/C28H28N4O2/c1-21-8-6-7-11-26(21)30-16-18-31(19-17-30)28(33)27-20-25(22-12-14-24(34-2)15-13-22)29-32(27)23-9-4-3-5-10-23/h3-15,20H,16-19H2,1-2H3. The third-order valence-electron chi connectivity index (χ3n) is 6.34. The van der Waals surface area contributed by atoms with Crippen LogP contribution in [0.15, 0.2) is 84.9 Å². The van der Waals surface area contributed by atoms with E-state index in [0.29, 0.717) is 18.8 Å². The highest BCUT2D eigenvalue weighted by molar-refractivity contribution is 5.94. The maximum Gasteiger partial charge on any atom is 0.272 e. The Kier molecular flexibility index (Phi) is 6.04. The van der Waals surface area contributed by atoms with Crippen LogP contribution in [-0.2, 0) is 0 Å². The van der Waals surface area contributed by atoms with Crippen LogP contribution < -0.4 is 9.64 Å². The topological polar surface area (TPSA) is 50.6 Å². The fourth-order valence-electron chi connectivity index (χ4n) is 4.43. The zero-order valence-electron chi connectivity index (χ0n) is 19.5. The van der Waals surface area contributed by atoms with Gasteiger partial charge in [-0.15, -0.1) is 0 Å². The molecule has 6 nitrogen and oxygen atoms in total. The number of carbonyl (C=O) groups excluding carboxylic acids is 1. The highest BCUT2D eigenvalue weighted by atomic mass is 16.5. The number of hydrogen-bond acceptors (Lipinski definition) is 4. The number of benzene rings is 3. The van der Waals surface area contributed by atoms with Crippen LogP contribution in [0.25, 0.3) is 16.9 Å². The van der Waals surface area contributed by atoms with Crippen molar-refractivity contribution in [3.63, 3.8) is 0 Å². The zero-order chi connectivity index (χ0) is 23.5. The van der Waals surface area contributed by atoms with E-state index in [4.69, 9.17) is 9.84 Å². The maximum atomic E-state index is 13.7. The normalized spacial score (nSPS) is 13.7. The van der Waals surface area contributed by atoms with Crippen molar-refractivity contribution in [3.05, 3.63) is 96.2 Å². The van der Waals surface area contributed by atoms with E-state index in [1.807, 2.05) is 65.6 Å². The molecule has 34 heavy (non-hydrogen) atoms. The van der Waals surface area contributed by atoms with Crippen LogP contribution in [0.3, 0.4) is 0 Å². The largest absolute Gasteiger partial charge is 0.497 e. The van der Waals surface area contributed by atoms with E-state index in [1.54, 1.807) is 11.8 Å². The third-order valence-corrected chi connectivity index (χ3v) is 6.34. The summed E-state index contributed by atoms with van der Waals surface area (Å²) in [6, 6.07) is 27.9. The number of aromatic nitrogens is 2. The molecule has 0 unspecified atom stereocenters. The molecule has 5 rings (SSSR count). The number of para-hydroxylation sites is 2. The summed E-state index contributed by atoms with van der Waals surface area (Å²) in [6.45, 7) is 5.09. The molecule has 1 aliphatic rings. The van der Waals surface area contributed by atoms with Gasteiger partial charge in [-0.3, -0.25) is 4.79 Å². The van der Waals surface area contributed by atoms with Gasteiger partial charge in [0.15, 0.2) is 0 Å². The number of carbonyl (C=O) groups is 1. The van der Waals surface area contributed by atoms with Gasteiger partial charge in [-0.1, -0.05) is 36.4 Å². The number of piperazine rings is 1. The molecule has 1 saturated heterocycles. The van der Waals surface area contributed by atoms with Crippen molar-refractivity contribution in [2.45, 2.75) is 6.92 Å². The van der Waals surface area contributed by atoms with Gasteiger partial charge in [0.2, 0.25) is 0 Å². The van der Waals surface area contributed by atoms with E-state index < -0.39 is 0 Å². The first kappa shape index (κ1) is 21.8. The lowest BCUT2D eigenvalue weighted by molar-refractivity contribution is 0.0737. The molecule has 1 aliphatic heterocycles. The van der Waals surface area contributed by atoms with Crippen LogP contribution in [0.2, 0.25) is 0 Å². The average molecular weight is 453 g/mol. The molecular weight excluding hydrogens is 424 g/mol. The van der Waals surface area contributed by atoms with E-state index in [9.17, 15) is 4.79 Å². The van der Waals surface area contributed by atoms with Gasteiger partial charge < -0.3 is 14.5 Å². The summed E-state index contributed by atoms with van der Waals surface area (Å²) in [7, 11) is 1.65. The molecule has 2 heterocycles. The van der Waals surface area contributed by atoms with Gasteiger partial charge in [0.05, 0.1) is 18.5 Å². The molecule has 0 bridgehead atoms. The number of amides is 1. The van der Waals surface area contributed by atoms with Crippen LogP contribution in [-0.4, -0.2) is 53.9 Å². The summed E-state index contributed by atoms with van der Waals surface area (Å²) in [4.78, 5) is 18.0. The number of rotatable bonds is 5. The SMILES string of the molecule is COc1ccc(-c2cc(C(=O)N3CCN(c4ccccc4C)CC3)n(-c3ccccc3)n2)cc1. The molecule has 1 amide bonds. The smallest absolute Gasteiger partial charge is 0.272 e. The number of nitrogens with zero attached hydrogens (tertiary/aromatic N) is 4. The van der Waals surface area contributed by atoms with Crippen LogP contribution in [0.4, 0.5) is 5.69 Å². The van der Waals surface area contributed by atoms with Crippen molar-refractivity contribution in [2.24, 2.45) is 0 Å². The van der Waals surface area contributed by atoms with Crippen LogP contribution in [0.1, 0.15) is 16.1 Å². The maximum absolute atomic E-state index is 13.7. The molecular formula is C28H28N4O2. The quantitative estimate of drug-likeness (QED) is 0.436. The first-order valence-corrected chi connectivity index (χ1v) is 11.5. The van der Waals surface area contributed by atoms with Crippen molar-refractivity contribution in [3.8, 4) is 22.7 Å². The van der Waals surface area contributed by atoms with Crippen molar-refractivity contribution in [1.82, 2.24) is 14.7 Å².